The quantitative estimate of drug-likeness (QED) is 0.544. The Morgan fingerprint density at radius 1 is 1.25 bits per heavy atom. The summed E-state index contributed by atoms with van der Waals surface area (Å²) in [6, 6.07) is 0. The molecule has 4 heavy (non-hydrogen) atoms. The van der Waals surface area contributed by atoms with E-state index in [1.807, 2.05) is 0 Å². The van der Waals surface area contributed by atoms with Gasteiger partial charge in [0.2, 0.25) is 0 Å². The summed E-state index contributed by atoms with van der Waals surface area (Å²) in [5.74, 6) is 0. The molecular weight excluding hydrogens is 340 g/mol. The summed E-state index contributed by atoms with van der Waals surface area (Å²) in [6.07, 6.45) is 0. The molecule has 1 nitrogen and oxygen atoms in total. The van der Waals surface area contributed by atoms with Gasteiger partial charge in [0.15, 0.2) is 0 Å². The van der Waals surface area contributed by atoms with Gasteiger partial charge in [0, 0.05) is 40.5 Å². The summed E-state index contributed by atoms with van der Waals surface area (Å²) in [4.78, 5) is 0. The first-order valence-corrected chi connectivity index (χ1v) is 0.612. The smallest absolute Gasteiger partial charge is 0.381 e. The summed E-state index contributed by atoms with van der Waals surface area (Å²) in [5.41, 5.74) is 0. The molecule has 0 spiro atoms. The largest absolute Gasteiger partial charge is 0.381 e. The third-order valence-electron chi connectivity index (χ3n) is 0. The minimum atomic E-state index is 0. The average molecular weight is 340 g/mol. The van der Waals surface area contributed by atoms with Crippen LogP contribution in [0.15, 0.2) is 0 Å². The molecule has 0 fully saturated rings. The van der Waals surface area contributed by atoms with Crippen molar-refractivity contribution in [2.75, 3.05) is 0 Å². The molecule has 28 valence electrons. The first kappa shape index (κ1) is 18.4. The molecule has 0 saturated heterocycles. The van der Waals surface area contributed by atoms with Crippen molar-refractivity contribution in [3.63, 3.8) is 0 Å². The van der Waals surface area contributed by atoms with E-state index in [1.54, 1.807) is 10.1 Å². The van der Waals surface area contributed by atoms with Crippen molar-refractivity contribution < 1.29 is 45.0 Å². The maximum Gasteiger partial charge on any atom is 0.381 e. The van der Waals surface area contributed by atoms with E-state index in [0.29, 0.717) is 0 Å². The van der Waals surface area contributed by atoms with Gasteiger partial charge in [0.25, 0.3) is 0 Å². The van der Waals surface area contributed by atoms with Crippen molar-refractivity contribution >= 4 is 10.1 Å². The Balaban J connectivity index is -0.00000000500. The van der Waals surface area contributed by atoms with Crippen molar-refractivity contribution in [1.29, 1.82) is 0 Å². The standard InChI is InChI=1S/OSi.Pt.Ru/c1-2;;. The Labute approximate surface area is 55.0 Å². The summed E-state index contributed by atoms with van der Waals surface area (Å²) in [7, 11) is 1.72. The van der Waals surface area contributed by atoms with Crippen LogP contribution < -0.4 is 0 Å². The molecule has 0 bridgehead atoms. The number of hydrogen-bond donors (Lipinski definition) is 0. The third kappa shape index (κ3) is 10.2. The van der Waals surface area contributed by atoms with E-state index >= 15 is 0 Å². The maximum atomic E-state index is 8.06. The van der Waals surface area contributed by atoms with Gasteiger partial charge < -0.3 is 4.46 Å². The zero-order chi connectivity index (χ0) is 2.00. The Bertz CT molecular complexity index is 8.00. The minimum Gasteiger partial charge on any atom is -0.381 e. The van der Waals surface area contributed by atoms with Crippen LogP contribution in [0.4, 0.5) is 0 Å². The Morgan fingerprint density at radius 2 is 1.25 bits per heavy atom. The predicted molar refractivity (Wildman–Crippen MR) is 6.44 cm³/mol. The molecule has 0 aliphatic rings. The van der Waals surface area contributed by atoms with E-state index in [9.17, 15) is 0 Å². The van der Waals surface area contributed by atoms with Crippen LogP contribution in [-0.2, 0) is 45.0 Å². The maximum absolute atomic E-state index is 8.06. The van der Waals surface area contributed by atoms with Crippen LogP contribution in [0.5, 0.6) is 0 Å². The van der Waals surface area contributed by atoms with Gasteiger partial charge in [-0.15, -0.1) is 0 Å². The Kier molecular flexibility index (Phi) is 125. The molecule has 4 heteroatoms. The summed E-state index contributed by atoms with van der Waals surface area (Å²) in [5, 5.41) is 0. The predicted octanol–water partition coefficient (Wildman–Crippen LogP) is -0.505. The van der Waals surface area contributed by atoms with E-state index in [1.165, 1.54) is 0 Å². The zero-order valence-corrected chi connectivity index (χ0v) is 6.59. The van der Waals surface area contributed by atoms with Crippen LogP contribution in [0.25, 0.3) is 0 Å². The Morgan fingerprint density at radius 3 is 1.25 bits per heavy atom. The van der Waals surface area contributed by atoms with Crippen molar-refractivity contribution in [2.24, 2.45) is 0 Å². The van der Waals surface area contributed by atoms with Gasteiger partial charge in [-0.2, -0.15) is 0 Å². The molecule has 0 aliphatic heterocycles. The minimum absolute atomic E-state index is 0. The second-order valence-corrected chi connectivity index (χ2v) is 0. The molecule has 0 aliphatic carbocycles. The van der Waals surface area contributed by atoms with Crippen LogP contribution >= 0.6 is 0 Å². The average Bonchev–Trinajstić information content (AvgIpc) is 1.00. The number of rotatable bonds is 0. The molecule has 0 aromatic heterocycles. The molecule has 0 atom stereocenters. The third-order valence-corrected chi connectivity index (χ3v) is 0. The Hall–Kier alpha value is 1.33. The fraction of sp³-hybridized carbons (Fsp3) is 0. The molecule has 0 unspecified atom stereocenters. The molecular formula is OPtRuSi. The normalized spacial score (nSPS) is 1.00. The van der Waals surface area contributed by atoms with Gasteiger partial charge in [0.1, 0.15) is 0 Å². The van der Waals surface area contributed by atoms with Crippen molar-refractivity contribution in [3.05, 3.63) is 0 Å². The molecule has 0 aromatic rings. The van der Waals surface area contributed by atoms with Gasteiger partial charge >= 0.3 is 10.1 Å². The van der Waals surface area contributed by atoms with E-state index in [4.69, 9.17) is 4.46 Å². The van der Waals surface area contributed by atoms with E-state index in [-0.39, 0.29) is 40.5 Å². The van der Waals surface area contributed by atoms with Crippen LogP contribution in [0, 0.1) is 0 Å². The fourth-order valence-corrected chi connectivity index (χ4v) is 0. The van der Waals surface area contributed by atoms with Crippen molar-refractivity contribution in [3.8, 4) is 0 Å². The zero-order valence-electron chi connectivity index (χ0n) is 1.58. The SMILES string of the molecule is O=[Si].[Pt].[Ru]. The summed E-state index contributed by atoms with van der Waals surface area (Å²) in [6.45, 7) is 0. The summed E-state index contributed by atoms with van der Waals surface area (Å²) < 4.78 is 8.06. The molecule has 0 amide bonds. The number of hydrogen-bond acceptors (Lipinski definition) is 1. The fourth-order valence-electron chi connectivity index (χ4n) is 0. The first-order valence-electron chi connectivity index (χ1n) is 0.204. The van der Waals surface area contributed by atoms with Crippen molar-refractivity contribution in [1.82, 2.24) is 0 Å². The molecule has 0 aromatic carbocycles. The molecule has 0 N–H and O–H groups in total. The van der Waals surface area contributed by atoms with E-state index < -0.39 is 0 Å². The van der Waals surface area contributed by atoms with Gasteiger partial charge in [-0.25, -0.2) is 0 Å². The topological polar surface area (TPSA) is 17.1 Å². The monoisotopic (exact) mass is 341 g/mol. The van der Waals surface area contributed by atoms with Crippen LogP contribution in [-0.4, -0.2) is 10.1 Å². The molecule has 0 rings (SSSR count). The van der Waals surface area contributed by atoms with Gasteiger partial charge in [0.05, 0.1) is 0 Å². The van der Waals surface area contributed by atoms with Crippen LogP contribution in [0.1, 0.15) is 0 Å². The second-order valence-electron chi connectivity index (χ2n) is 0. The van der Waals surface area contributed by atoms with Gasteiger partial charge in [-0.3, -0.25) is 0 Å². The van der Waals surface area contributed by atoms with Crippen LogP contribution in [0.3, 0.4) is 0 Å². The van der Waals surface area contributed by atoms with Crippen LogP contribution in [0.2, 0.25) is 0 Å². The van der Waals surface area contributed by atoms with Crippen molar-refractivity contribution in [2.45, 2.75) is 0 Å². The van der Waals surface area contributed by atoms with E-state index in [2.05, 4.69) is 0 Å². The molecule has 2 radical (unpaired) electrons. The molecule has 0 saturated carbocycles. The molecule has 0 heterocycles. The second kappa shape index (κ2) is 27.2. The summed E-state index contributed by atoms with van der Waals surface area (Å²) >= 11 is 0. The van der Waals surface area contributed by atoms with Gasteiger partial charge in [-0.1, -0.05) is 0 Å². The first-order chi connectivity index (χ1) is 1.00. The van der Waals surface area contributed by atoms with Gasteiger partial charge in [-0.05, 0) is 0 Å². The van der Waals surface area contributed by atoms with E-state index in [0.717, 1.165) is 0 Å².